The standard InChI is InChI=1S/C14H21N5/c1-2-11-12-13(17-9-16-12)19(14(15)18-11)8-10-6-4-3-5-7-10/h9-10H,2-8H2,1H3,(H2,15,18). The molecule has 2 heterocycles. The SMILES string of the molecule is CCc1nc(N)n(CC2CCCCC2)c2ncnc1-2. The lowest BCUT2D eigenvalue weighted by Gasteiger charge is -2.24. The zero-order valence-electron chi connectivity index (χ0n) is 11.5. The van der Waals surface area contributed by atoms with E-state index >= 15 is 0 Å². The second-order valence-corrected chi connectivity index (χ2v) is 5.43. The van der Waals surface area contributed by atoms with Gasteiger partial charge in [0.05, 0.1) is 5.69 Å². The molecule has 0 aromatic rings. The van der Waals surface area contributed by atoms with Crippen molar-refractivity contribution in [2.24, 2.45) is 5.92 Å². The molecule has 2 N–H and O–H groups in total. The van der Waals surface area contributed by atoms with Crippen molar-refractivity contribution in [2.75, 3.05) is 5.73 Å². The quantitative estimate of drug-likeness (QED) is 0.919. The third-order valence-corrected chi connectivity index (χ3v) is 4.13. The number of hydrogen-bond acceptors (Lipinski definition) is 4. The summed E-state index contributed by atoms with van der Waals surface area (Å²) in [4.78, 5) is 13.2. The van der Waals surface area contributed by atoms with Crippen molar-refractivity contribution >= 4 is 5.95 Å². The smallest absolute Gasteiger partial charge is 0.202 e. The topological polar surface area (TPSA) is 69.6 Å². The summed E-state index contributed by atoms with van der Waals surface area (Å²) >= 11 is 0. The van der Waals surface area contributed by atoms with Crippen molar-refractivity contribution in [1.29, 1.82) is 0 Å². The van der Waals surface area contributed by atoms with Gasteiger partial charge >= 0.3 is 0 Å². The number of aryl methyl sites for hydroxylation is 1. The molecule has 0 unspecified atom stereocenters. The van der Waals surface area contributed by atoms with Crippen LogP contribution in [0.5, 0.6) is 0 Å². The van der Waals surface area contributed by atoms with Crippen LogP contribution in [-0.2, 0) is 13.0 Å². The van der Waals surface area contributed by atoms with Crippen molar-refractivity contribution in [1.82, 2.24) is 19.5 Å². The Balaban J connectivity index is 1.94. The van der Waals surface area contributed by atoms with Crippen LogP contribution in [0.4, 0.5) is 5.95 Å². The number of hydrogen-bond donors (Lipinski definition) is 1. The molecule has 19 heavy (non-hydrogen) atoms. The highest BCUT2D eigenvalue weighted by Gasteiger charge is 2.22. The first kappa shape index (κ1) is 12.4. The summed E-state index contributed by atoms with van der Waals surface area (Å²) in [6, 6.07) is 0. The zero-order valence-corrected chi connectivity index (χ0v) is 11.5. The largest absolute Gasteiger partial charge is 0.369 e. The highest BCUT2D eigenvalue weighted by molar-refractivity contribution is 5.57. The average molecular weight is 259 g/mol. The van der Waals surface area contributed by atoms with E-state index in [4.69, 9.17) is 5.73 Å². The van der Waals surface area contributed by atoms with Crippen LogP contribution < -0.4 is 5.73 Å². The molecule has 5 nitrogen and oxygen atoms in total. The number of nitrogens with two attached hydrogens (primary N) is 1. The first-order valence-corrected chi connectivity index (χ1v) is 7.25. The number of aromatic nitrogens is 4. The molecule has 0 amide bonds. The van der Waals surface area contributed by atoms with Crippen molar-refractivity contribution < 1.29 is 0 Å². The maximum atomic E-state index is 6.12. The molecule has 0 radical (unpaired) electrons. The van der Waals surface area contributed by atoms with Crippen molar-refractivity contribution in [3.63, 3.8) is 0 Å². The lowest BCUT2D eigenvalue weighted by Crippen LogP contribution is -2.20. The second kappa shape index (κ2) is 5.15. The molecule has 0 spiro atoms. The van der Waals surface area contributed by atoms with Gasteiger partial charge in [0, 0.05) is 6.54 Å². The van der Waals surface area contributed by atoms with Crippen LogP contribution in [0.3, 0.4) is 0 Å². The predicted molar refractivity (Wildman–Crippen MR) is 74.8 cm³/mol. The molecular weight excluding hydrogens is 238 g/mol. The number of rotatable bonds is 3. The van der Waals surface area contributed by atoms with Crippen LogP contribution in [0.15, 0.2) is 6.33 Å². The van der Waals surface area contributed by atoms with Crippen molar-refractivity contribution in [3.8, 4) is 11.5 Å². The summed E-state index contributed by atoms with van der Waals surface area (Å²) in [5.74, 6) is 2.18. The van der Waals surface area contributed by atoms with Gasteiger partial charge in [0.1, 0.15) is 12.0 Å². The molecule has 1 aliphatic carbocycles. The summed E-state index contributed by atoms with van der Waals surface area (Å²) in [6.45, 7) is 3.00. The average Bonchev–Trinajstić information content (AvgIpc) is 2.92. The molecule has 5 heteroatoms. The fourth-order valence-corrected chi connectivity index (χ4v) is 3.08. The first-order valence-electron chi connectivity index (χ1n) is 7.25. The number of nitrogen functional groups attached to an aromatic ring is 1. The highest BCUT2D eigenvalue weighted by atomic mass is 15.2. The van der Waals surface area contributed by atoms with E-state index in [1.807, 2.05) is 0 Å². The molecule has 2 aliphatic heterocycles. The van der Waals surface area contributed by atoms with E-state index in [0.29, 0.717) is 11.9 Å². The molecule has 0 bridgehead atoms. The van der Waals surface area contributed by atoms with Gasteiger partial charge in [0.15, 0.2) is 5.82 Å². The minimum absolute atomic E-state index is 0.579. The van der Waals surface area contributed by atoms with Crippen LogP contribution in [0, 0.1) is 5.92 Å². The maximum Gasteiger partial charge on any atom is 0.202 e. The third kappa shape index (κ3) is 2.29. The van der Waals surface area contributed by atoms with E-state index in [1.165, 1.54) is 32.1 Å². The predicted octanol–water partition coefficient (Wildman–Crippen LogP) is 2.50. The first-order chi connectivity index (χ1) is 9.29. The van der Waals surface area contributed by atoms with Crippen LogP contribution in [0.1, 0.15) is 44.7 Å². The number of anilines is 1. The van der Waals surface area contributed by atoms with E-state index in [2.05, 4.69) is 26.4 Å². The Morgan fingerprint density at radius 3 is 2.79 bits per heavy atom. The lowest BCUT2D eigenvalue weighted by atomic mass is 9.89. The van der Waals surface area contributed by atoms with Crippen LogP contribution in [0.25, 0.3) is 11.5 Å². The molecule has 0 aromatic carbocycles. The number of fused-ring (bicyclic) bond motifs is 1. The lowest BCUT2D eigenvalue weighted by molar-refractivity contribution is 0.319. The summed E-state index contributed by atoms with van der Waals surface area (Å²) in [5.41, 5.74) is 7.98. The molecule has 102 valence electrons. The Labute approximate surface area is 113 Å². The molecule has 0 saturated heterocycles. The van der Waals surface area contributed by atoms with E-state index in [1.54, 1.807) is 6.33 Å². The summed E-state index contributed by atoms with van der Waals surface area (Å²) in [5, 5.41) is 0. The van der Waals surface area contributed by atoms with Gasteiger partial charge < -0.3 is 5.73 Å². The minimum atomic E-state index is 0.579. The maximum absolute atomic E-state index is 6.12. The molecule has 3 rings (SSSR count). The Morgan fingerprint density at radius 1 is 1.26 bits per heavy atom. The Kier molecular flexibility index (Phi) is 3.36. The minimum Gasteiger partial charge on any atom is -0.369 e. The Hall–Kier alpha value is -1.65. The van der Waals surface area contributed by atoms with Crippen LogP contribution in [0.2, 0.25) is 0 Å². The van der Waals surface area contributed by atoms with Gasteiger partial charge in [-0.2, -0.15) is 0 Å². The Bertz CT molecular complexity index is 527. The Morgan fingerprint density at radius 2 is 2.05 bits per heavy atom. The van der Waals surface area contributed by atoms with Gasteiger partial charge in [-0.05, 0) is 25.2 Å². The van der Waals surface area contributed by atoms with Gasteiger partial charge in [-0.25, -0.2) is 15.0 Å². The van der Waals surface area contributed by atoms with Gasteiger partial charge in [-0.3, -0.25) is 4.57 Å². The summed E-state index contributed by atoms with van der Waals surface area (Å²) in [6.07, 6.45) is 9.07. The molecule has 1 saturated carbocycles. The van der Waals surface area contributed by atoms with E-state index in [0.717, 1.165) is 30.2 Å². The fourth-order valence-electron chi connectivity index (χ4n) is 3.08. The zero-order chi connectivity index (χ0) is 13.2. The van der Waals surface area contributed by atoms with Crippen molar-refractivity contribution in [2.45, 2.75) is 52.0 Å². The fraction of sp³-hybridized carbons (Fsp3) is 0.643. The van der Waals surface area contributed by atoms with Crippen LogP contribution >= 0.6 is 0 Å². The summed E-state index contributed by atoms with van der Waals surface area (Å²) in [7, 11) is 0. The molecule has 0 atom stereocenters. The number of nitrogens with zero attached hydrogens (tertiary/aromatic N) is 4. The second-order valence-electron chi connectivity index (χ2n) is 5.43. The van der Waals surface area contributed by atoms with E-state index in [9.17, 15) is 0 Å². The molecule has 1 fully saturated rings. The number of imidazole rings is 1. The van der Waals surface area contributed by atoms with E-state index in [-0.39, 0.29) is 0 Å². The van der Waals surface area contributed by atoms with E-state index < -0.39 is 0 Å². The normalized spacial score (nSPS) is 17.1. The summed E-state index contributed by atoms with van der Waals surface area (Å²) < 4.78 is 2.05. The van der Waals surface area contributed by atoms with Crippen molar-refractivity contribution in [3.05, 3.63) is 12.0 Å². The molecule has 0 aromatic heterocycles. The van der Waals surface area contributed by atoms with Crippen LogP contribution in [-0.4, -0.2) is 19.5 Å². The van der Waals surface area contributed by atoms with Gasteiger partial charge in [-0.1, -0.05) is 26.2 Å². The van der Waals surface area contributed by atoms with Gasteiger partial charge in [-0.15, -0.1) is 0 Å². The molecular formula is C14H21N5. The highest BCUT2D eigenvalue weighted by Crippen LogP contribution is 2.29. The van der Waals surface area contributed by atoms with Gasteiger partial charge in [0.25, 0.3) is 0 Å². The monoisotopic (exact) mass is 259 g/mol. The molecule has 3 aliphatic rings. The third-order valence-electron chi connectivity index (χ3n) is 4.13. The van der Waals surface area contributed by atoms with Gasteiger partial charge in [0.2, 0.25) is 5.95 Å².